The summed E-state index contributed by atoms with van der Waals surface area (Å²) in [5.74, 6) is -0.447. The number of amides is 1. The van der Waals surface area contributed by atoms with E-state index >= 15 is 0 Å². The van der Waals surface area contributed by atoms with Crippen LogP contribution in [-0.2, 0) is 6.54 Å². The number of carbonyl (C=O) groups excluding carboxylic acids is 1. The lowest BCUT2D eigenvalue weighted by Gasteiger charge is -2.24. The molecule has 0 saturated carbocycles. The van der Waals surface area contributed by atoms with E-state index in [1.165, 1.54) is 12.3 Å². The van der Waals surface area contributed by atoms with Crippen LogP contribution < -0.4 is 0 Å². The molecule has 0 bridgehead atoms. The molecule has 174 valence electrons. The third-order valence-electron chi connectivity index (χ3n) is 6.45. The summed E-state index contributed by atoms with van der Waals surface area (Å²) in [7, 11) is 0. The Hall–Kier alpha value is -4.33. The number of carbonyl (C=O) groups is 1. The fourth-order valence-corrected chi connectivity index (χ4v) is 4.79. The van der Waals surface area contributed by atoms with Gasteiger partial charge in [0.1, 0.15) is 17.2 Å². The zero-order chi connectivity index (χ0) is 23.8. The lowest BCUT2D eigenvalue weighted by atomic mass is 10.1. The third-order valence-corrected chi connectivity index (χ3v) is 6.45. The van der Waals surface area contributed by atoms with Crippen molar-refractivity contribution in [1.82, 2.24) is 29.0 Å². The maximum Gasteiger partial charge on any atom is 0.275 e. The van der Waals surface area contributed by atoms with Crippen LogP contribution >= 0.6 is 0 Å². The standard InChI is InChI=1S/C27H23FN6O/c28-20-11-12-22(29-17-20)23-13-16-32(31-23)18-21-9-6-15-33(21)27(35)25-26(19-7-2-1-3-8-19)34-14-5-4-10-24(34)30-25/h1-5,7-8,10-14,16-17,21H,6,9,15,18H2/t21-/m0/s1. The highest BCUT2D eigenvalue weighted by Crippen LogP contribution is 2.29. The molecule has 6 rings (SSSR count). The van der Waals surface area contributed by atoms with Gasteiger partial charge in [0, 0.05) is 24.5 Å². The molecule has 1 aliphatic heterocycles. The minimum atomic E-state index is -0.380. The maximum absolute atomic E-state index is 13.8. The second kappa shape index (κ2) is 8.79. The molecule has 1 aromatic carbocycles. The van der Waals surface area contributed by atoms with Gasteiger partial charge in [0.25, 0.3) is 5.91 Å². The Morgan fingerprint density at radius 2 is 1.83 bits per heavy atom. The third kappa shape index (κ3) is 3.97. The van der Waals surface area contributed by atoms with Crippen molar-refractivity contribution in [1.29, 1.82) is 0 Å². The number of rotatable bonds is 5. The molecular weight excluding hydrogens is 443 g/mol. The quantitative estimate of drug-likeness (QED) is 0.376. The number of nitrogens with zero attached hydrogens (tertiary/aromatic N) is 6. The molecule has 1 aliphatic rings. The molecule has 5 heterocycles. The maximum atomic E-state index is 13.8. The number of halogens is 1. The highest BCUT2D eigenvalue weighted by molar-refractivity contribution is 5.99. The first-order valence-corrected chi connectivity index (χ1v) is 11.7. The van der Waals surface area contributed by atoms with Gasteiger partial charge in [-0.25, -0.2) is 9.37 Å². The van der Waals surface area contributed by atoms with E-state index in [2.05, 4.69) is 10.1 Å². The van der Waals surface area contributed by atoms with Gasteiger partial charge in [-0.2, -0.15) is 5.10 Å². The van der Waals surface area contributed by atoms with E-state index in [0.29, 0.717) is 30.2 Å². The lowest BCUT2D eigenvalue weighted by Crippen LogP contribution is -2.38. The summed E-state index contributed by atoms with van der Waals surface area (Å²) >= 11 is 0. The van der Waals surface area contributed by atoms with Crippen LogP contribution in [0.2, 0.25) is 0 Å². The van der Waals surface area contributed by atoms with Crippen LogP contribution in [0.25, 0.3) is 28.3 Å². The van der Waals surface area contributed by atoms with Gasteiger partial charge in [0.2, 0.25) is 0 Å². The van der Waals surface area contributed by atoms with Crippen LogP contribution in [0.15, 0.2) is 85.3 Å². The average molecular weight is 467 g/mol. The molecule has 1 saturated heterocycles. The van der Waals surface area contributed by atoms with E-state index in [1.807, 2.05) is 81.0 Å². The predicted octanol–water partition coefficient (Wildman–Crippen LogP) is 4.70. The molecule has 0 spiro atoms. The normalized spacial score (nSPS) is 15.7. The lowest BCUT2D eigenvalue weighted by molar-refractivity contribution is 0.0717. The highest BCUT2D eigenvalue weighted by atomic mass is 19.1. The molecule has 8 heteroatoms. The van der Waals surface area contributed by atoms with Gasteiger partial charge in [-0.15, -0.1) is 0 Å². The largest absolute Gasteiger partial charge is 0.332 e. The fraction of sp³-hybridized carbons (Fsp3) is 0.185. The zero-order valence-corrected chi connectivity index (χ0v) is 19.0. The molecule has 0 unspecified atom stereocenters. The summed E-state index contributed by atoms with van der Waals surface area (Å²) in [5, 5.41) is 4.61. The second-order valence-electron chi connectivity index (χ2n) is 8.68. The van der Waals surface area contributed by atoms with Gasteiger partial charge >= 0.3 is 0 Å². The van der Waals surface area contributed by atoms with E-state index in [0.717, 1.165) is 29.7 Å². The van der Waals surface area contributed by atoms with E-state index in [9.17, 15) is 9.18 Å². The summed E-state index contributed by atoms with van der Waals surface area (Å²) in [6.07, 6.45) is 6.83. The van der Waals surface area contributed by atoms with E-state index in [-0.39, 0.29) is 17.8 Å². The number of benzene rings is 1. The van der Waals surface area contributed by atoms with Crippen LogP contribution in [0, 0.1) is 5.82 Å². The van der Waals surface area contributed by atoms with Crippen LogP contribution in [-0.4, -0.2) is 47.5 Å². The summed E-state index contributed by atoms with van der Waals surface area (Å²) < 4.78 is 17.0. The molecule has 5 aromatic rings. The van der Waals surface area contributed by atoms with Crippen LogP contribution in [0.3, 0.4) is 0 Å². The molecule has 0 aliphatic carbocycles. The second-order valence-corrected chi connectivity index (χ2v) is 8.68. The van der Waals surface area contributed by atoms with Crippen molar-refractivity contribution in [2.45, 2.75) is 25.4 Å². The van der Waals surface area contributed by atoms with Gasteiger partial charge < -0.3 is 4.90 Å². The Morgan fingerprint density at radius 1 is 0.971 bits per heavy atom. The molecule has 35 heavy (non-hydrogen) atoms. The average Bonchev–Trinajstić information content (AvgIpc) is 3.63. The first-order chi connectivity index (χ1) is 17.2. The van der Waals surface area contributed by atoms with Crippen LogP contribution in [0.1, 0.15) is 23.3 Å². The molecule has 7 nitrogen and oxygen atoms in total. The number of aromatic nitrogens is 5. The Morgan fingerprint density at radius 3 is 2.66 bits per heavy atom. The number of hydrogen-bond donors (Lipinski definition) is 0. The Balaban J connectivity index is 1.29. The summed E-state index contributed by atoms with van der Waals surface area (Å²) in [6, 6.07) is 20.5. The summed E-state index contributed by atoms with van der Waals surface area (Å²) in [5.41, 5.74) is 4.25. The van der Waals surface area contributed by atoms with E-state index in [4.69, 9.17) is 4.98 Å². The topological polar surface area (TPSA) is 68.3 Å². The van der Waals surface area contributed by atoms with Gasteiger partial charge in [0.05, 0.1) is 30.2 Å². The number of imidazole rings is 1. The van der Waals surface area contributed by atoms with Crippen molar-refractivity contribution in [3.8, 4) is 22.6 Å². The Kier molecular flexibility index (Phi) is 5.33. The monoisotopic (exact) mass is 466 g/mol. The molecule has 0 N–H and O–H groups in total. The van der Waals surface area contributed by atoms with Gasteiger partial charge in [0.15, 0.2) is 5.69 Å². The molecular formula is C27H23FN6O. The predicted molar refractivity (Wildman–Crippen MR) is 130 cm³/mol. The fourth-order valence-electron chi connectivity index (χ4n) is 4.79. The van der Waals surface area contributed by atoms with Gasteiger partial charge in [-0.3, -0.25) is 18.9 Å². The smallest absolute Gasteiger partial charge is 0.275 e. The summed E-state index contributed by atoms with van der Waals surface area (Å²) in [6.45, 7) is 1.25. The number of fused-ring (bicyclic) bond motifs is 1. The SMILES string of the molecule is O=C(c1nc2ccccn2c1-c1ccccc1)N1CCC[C@H]1Cn1ccc(-c2ccc(F)cn2)n1. The van der Waals surface area contributed by atoms with Crippen LogP contribution in [0.5, 0.6) is 0 Å². The molecule has 0 radical (unpaired) electrons. The van der Waals surface area contributed by atoms with Crippen molar-refractivity contribution in [2.75, 3.05) is 6.54 Å². The minimum absolute atomic E-state index is 0.00450. The van der Waals surface area contributed by atoms with Crippen molar-refractivity contribution in [3.63, 3.8) is 0 Å². The Labute approximate surface area is 201 Å². The number of hydrogen-bond acceptors (Lipinski definition) is 4. The van der Waals surface area contributed by atoms with Gasteiger partial charge in [-0.05, 0) is 43.2 Å². The first-order valence-electron chi connectivity index (χ1n) is 11.7. The van der Waals surface area contributed by atoms with Crippen molar-refractivity contribution in [2.24, 2.45) is 0 Å². The summed E-state index contributed by atoms with van der Waals surface area (Å²) in [4.78, 5) is 24.6. The van der Waals surface area contributed by atoms with Gasteiger partial charge in [-0.1, -0.05) is 36.4 Å². The van der Waals surface area contributed by atoms with Crippen molar-refractivity contribution >= 4 is 11.6 Å². The van der Waals surface area contributed by atoms with E-state index in [1.54, 1.807) is 6.07 Å². The molecule has 1 fully saturated rings. The Bertz CT molecular complexity index is 1490. The van der Waals surface area contributed by atoms with Crippen LogP contribution in [0.4, 0.5) is 4.39 Å². The molecule has 4 aromatic heterocycles. The number of pyridine rings is 2. The molecule has 1 atom stereocenters. The van der Waals surface area contributed by atoms with Crippen molar-refractivity contribution < 1.29 is 9.18 Å². The van der Waals surface area contributed by atoms with Crippen molar-refractivity contribution in [3.05, 3.63) is 96.8 Å². The number of likely N-dealkylation sites (tertiary alicyclic amines) is 1. The zero-order valence-electron chi connectivity index (χ0n) is 19.0. The molecule has 1 amide bonds. The highest BCUT2D eigenvalue weighted by Gasteiger charge is 2.33. The minimum Gasteiger partial charge on any atom is -0.332 e. The van der Waals surface area contributed by atoms with E-state index < -0.39 is 0 Å². The first kappa shape index (κ1) is 21.2.